The molecule has 0 fully saturated rings. The maximum atomic E-state index is 4.59. The normalized spacial score (nSPS) is 11.6. The predicted molar refractivity (Wildman–Crippen MR) is 96.2 cm³/mol. The number of nitrogens with one attached hydrogen (secondary N) is 1. The average Bonchev–Trinajstić information content (AvgIpc) is 3.14. The number of aryl methyl sites for hydroxylation is 2. The Bertz CT molecular complexity index is 1010. The first kappa shape index (κ1) is 14.4. The molecule has 4 aromatic rings. The molecule has 4 rings (SSSR count). The molecule has 24 heavy (non-hydrogen) atoms. The Balaban J connectivity index is 1.90. The van der Waals surface area contributed by atoms with E-state index >= 15 is 0 Å². The summed E-state index contributed by atoms with van der Waals surface area (Å²) in [6.07, 6.45) is 1.88. The molecule has 2 aromatic carbocycles. The van der Waals surface area contributed by atoms with Crippen LogP contribution in [0.1, 0.15) is 17.2 Å². The van der Waals surface area contributed by atoms with Crippen LogP contribution in [-0.2, 0) is 0 Å². The van der Waals surface area contributed by atoms with Crippen molar-refractivity contribution < 1.29 is 0 Å². The van der Waals surface area contributed by atoms with Gasteiger partial charge in [0.15, 0.2) is 11.6 Å². The SMILES string of the molecule is Cc1nnc(C)n1/N=C/c1c(-c2ccccc2)[nH]c2ccccc12. The quantitative estimate of drug-likeness (QED) is 0.582. The Morgan fingerprint density at radius 3 is 2.33 bits per heavy atom. The van der Waals surface area contributed by atoms with Crippen molar-refractivity contribution in [3.8, 4) is 11.3 Å². The van der Waals surface area contributed by atoms with Crippen LogP contribution in [0.5, 0.6) is 0 Å². The molecule has 0 aliphatic heterocycles. The van der Waals surface area contributed by atoms with Gasteiger partial charge in [-0.1, -0.05) is 48.5 Å². The second kappa shape index (κ2) is 5.77. The minimum absolute atomic E-state index is 0.768. The third-order valence-corrected chi connectivity index (χ3v) is 4.06. The highest BCUT2D eigenvalue weighted by Crippen LogP contribution is 2.29. The number of H-pyrrole nitrogens is 1. The summed E-state index contributed by atoms with van der Waals surface area (Å²) in [5.41, 5.74) is 4.34. The number of hydrogen-bond acceptors (Lipinski definition) is 3. The average molecular weight is 315 g/mol. The second-order valence-electron chi connectivity index (χ2n) is 5.68. The smallest absolute Gasteiger partial charge is 0.151 e. The maximum Gasteiger partial charge on any atom is 0.151 e. The molecule has 0 amide bonds. The number of hydrogen-bond donors (Lipinski definition) is 1. The van der Waals surface area contributed by atoms with Gasteiger partial charge in [0, 0.05) is 16.5 Å². The molecular weight excluding hydrogens is 298 g/mol. The topological polar surface area (TPSA) is 58.9 Å². The van der Waals surface area contributed by atoms with Crippen molar-refractivity contribution in [2.75, 3.05) is 0 Å². The summed E-state index contributed by atoms with van der Waals surface area (Å²) in [5, 5.41) is 13.8. The van der Waals surface area contributed by atoms with E-state index in [9.17, 15) is 0 Å². The number of aromatic nitrogens is 4. The lowest BCUT2D eigenvalue weighted by molar-refractivity contribution is 0.799. The molecule has 0 radical (unpaired) electrons. The Morgan fingerprint density at radius 1 is 0.917 bits per heavy atom. The summed E-state index contributed by atoms with van der Waals surface area (Å²) in [4.78, 5) is 3.51. The van der Waals surface area contributed by atoms with E-state index in [4.69, 9.17) is 0 Å². The van der Waals surface area contributed by atoms with Gasteiger partial charge < -0.3 is 4.98 Å². The largest absolute Gasteiger partial charge is 0.354 e. The fraction of sp³-hybridized carbons (Fsp3) is 0.105. The fourth-order valence-corrected chi connectivity index (χ4v) is 2.88. The van der Waals surface area contributed by atoms with Gasteiger partial charge in [-0.05, 0) is 25.5 Å². The monoisotopic (exact) mass is 315 g/mol. The Hall–Kier alpha value is -3.21. The molecule has 1 N–H and O–H groups in total. The molecular formula is C19H17N5. The molecule has 0 spiro atoms. The van der Waals surface area contributed by atoms with Gasteiger partial charge in [0.05, 0.1) is 11.9 Å². The van der Waals surface area contributed by atoms with Crippen molar-refractivity contribution in [1.82, 2.24) is 19.9 Å². The highest BCUT2D eigenvalue weighted by Gasteiger charge is 2.11. The van der Waals surface area contributed by atoms with E-state index in [1.807, 2.05) is 50.4 Å². The van der Waals surface area contributed by atoms with Gasteiger partial charge in [0.1, 0.15) is 0 Å². The molecule has 2 aromatic heterocycles. The van der Waals surface area contributed by atoms with Gasteiger partial charge in [-0.25, -0.2) is 4.68 Å². The minimum atomic E-state index is 0.768. The lowest BCUT2D eigenvalue weighted by atomic mass is 10.1. The van der Waals surface area contributed by atoms with E-state index in [1.54, 1.807) is 4.68 Å². The molecule has 0 bridgehead atoms. The number of nitrogens with zero attached hydrogens (tertiary/aromatic N) is 4. The van der Waals surface area contributed by atoms with Crippen LogP contribution in [0.2, 0.25) is 0 Å². The van der Waals surface area contributed by atoms with Gasteiger partial charge in [-0.15, -0.1) is 10.2 Å². The molecule has 0 saturated carbocycles. The van der Waals surface area contributed by atoms with E-state index in [0.717, 1.165) is 39.4 Å². The molecule has 5 nitrogen and oxygen atoms in total. The van der Waals surface area contributed by atoms with Crippen LogP contribution in [0.15, 0.2) is 59.7 Å². The third-order valence-electron chi connectivity index (χ3n) is 4.06. The number of rotatable bonds is 3. The first-order valence-corrected chi connectivity index (χ1v) is 7.83. The standard InChI is InChI=1S/C19H17N5/c1-13-22-23-14(2)24(13)20-12-17-16-10-6-7-11-18(16)21-19(17)15-8-4-3-5-9-15/h3-12,21H,1-2H3/b20-12+. The summed E-state index contributed by atoms with van der Waals surface area (Å²) in [6, 6.07) is 18.5. The van der Waals surface area contributed by atoms with Gasteiger partial charge in [-0.3, -0.25) is 0 Å². The molecule has 0 unspecified atom stereocenters. The predicted octanol–water partition coefficient (Wildman–Crippen LogP) is 3.93. The van der Waals surface area contributed by atoms with Crippen LogP contribution in [0.3, 0.4) is 0 Å². The summed E-state index contributed by atoms with van der Waals surface area (Å²) in [5.74, 6) is 1.54. The first-order chi connectivity index (χ1) is 11.7. The van der Waals surface area contributed by atoms with Gasteiger partial charge in [0.25, 0.3) is 0 Å². The molecule has 0 atom stereocenters. The summed E-state index contributed by atoms with van der Waals surface area (Å²) in [6.45, 7) is 3.79. The van der Waals surface area contributed by atoms with Crippen LogP contribution in [0.4, 0.5) is 0 Å². The first-order valence-electron chi connectivity index (χ1n) is 7.83. The number of para-hydroxylation sites is 1. The minimum Gasteiger partial charge on any atom is -0.354 e. The highest BCUT2D eigenvalue weighted by molar-refractivity contribution is 6.05. The second-order valence-corrected chi connectivity index (χ2v) is 5.68. The molecule has 0 saturated heterocycles. The Labute approximate surface area is 139 Å². The maximum absolute atomic E-state index is 4.59. The Morgan fingerprint density at radius 2 is 1.58 bits per heavy atom. The van der Waals surface area contributed by atoms with Crippen LogP contribution in [-0.4, -0.2) is 26.1 Å². The van der Waals surface area contributed by atoms with E-state index in [0.29, 0.717) is 0 Å². The van der Waals surface area contributed by atoms with E-state index in [-0.39, 0.29) is 0 Å². The summed E-state index contributed by atoms with van der Waals surface area (Å²) in [7, 11) is 0. The van der Waals surface area contributed by atoms with Crippen LogP contribution in [0, 0.1) is 13.8 Å². The van der Waals surface area contributed by atoms with Crippen molar-refractivity contribution in [1.29, 1.82) is 0 Å². The van der Waals surface area contributed by atoms with Gasteiger partial charge in [0.2, 0.25) is 0 Å². The van der Waals surface area contributed by atoms with E-state index < -0.39 is 0 Å². The van der Waals surface area contributed by atoms with Crippen LogP contribution >= 0.6 is 0 Å². The molecule has 0 aliphatic rings. The lowest BCUT2D eigenvalue weighted by Gasteiger charge is -2.01. The third kappa shape index (κ3) is 2.40. The Kier molecular flexibility index (Phi) is 3.46. The molecule has 0 aliphatic carbocycles. The number of aromatic amines is 1. The zero-order chi connectivity index (χ0) is 16.5. The van der Waals surface area contributed by atoms with Crippen molar-refractivity contribution in [2.45, 2.75) is 13.8 Å². The van der Waals surface area contributed by atoms with Crippen molar-refractivity contribution in [3.63, 3.8) is 0 Å². The van der Waals surface area contributed by atoms with Crippen LogP contribution in [0.25, 0.3) is 22.2 Å². The molecule has 2 heterocycles. The van der Waals surface area contributed by atoms with Gasteiger partial charge in [-0.2, -0.15) is 5.10 Å². The number of fused-ring (bicyclic) bond motifs is 1. The molecule has 5 heteroatoms. The van der Waals surface area contributed by atoms with E-state index in [1.165, 1.54) is 0 Å². The van der Waals surface area contributed by atoms with Gasteiger partial charge >= 0.3 is 0 Å². The zero-order valence-electron chi connectivity index (χ0n) is 13.6. The highest BCUT2D eigenvalue weighted by atomic mass is 15.4. The van der Waals surface area contributed by atoms with Crippen LogP contribution < -0.4 is 0 Å². The van der Waals surface area contributed by atoms with Crippen molar-refractivity contribution >= 4 is 17.1 Å². The number of benzene rings is 2. The fourth-order valence-electron chi connectivity index (χ4n) is 2.88. The zero-order valence-corrected chi connectivity index (χ0v) is 13.6. The van der Waals surface area contributed by atoms with Crippen molar-refractivity contribution in [3.05, 3.63) is 71.8 Å². The van der Waals surface area contributed by atoms with Crippen molar-refractivity contribution in [2.24, 2.45) is 5.10 Å². The molecule has 118 valence electrons. The summed E-state index contributed by atoms with van der Waals surface area (Å²) >= 11 is 0. The van der Waals surface area contributed by atoms with E-state index in [2.05, 4.69) is 44.5 Å². The lowest BCUT2D eigenvalue weighted by Crippen LogP contribution is -1.96. The summed E-state index contributed by atoms with van der Waals surface area (Å²) < 4.78 is 1.75.